The predicted molar refractivity (Wildman–Crippen MR) is 87.0 cm³/mol. The van der Waals surface area contributed by atoms with Gasteiger partial charge in [-0.2, -0.15) is 0 Å². The molecule has 1 fully saturated rings. The Hall–Kier alpha value is -1.59. The van der Waals surface area contributed by atoms with Gasteiger partial charge in [0, 0.05) is 44.2 Å². The first kappa shape index (κ1) is 16.8. The van der Waals surface area contributed by atoms with Crippen LogP contribution in [0.3, 0.4) is 0 Å². The fraction of sp³-hybridized carbons (Fsp3) is 0.588. The van der Waals surface area contributed by atoms with E-state index in [-0.39, 0.29) is 11.7 Å². The molecule has 0 spiro atoms. The minimum atomic E-state index is -0.0271. The highest BCUT2D eigenvalue weighted by atomic mass is 16.5. The number of methoxy groups -OCH3 is 1. The lowest BCUT2D eigenvalue weighted by atomic mass is 9.98. The molecule has 2 rings (SSSR count). The lowest BCUT2D eigenvalue weighted by molar-refractivity contribution is 0.0887. The van der Waals surface area contributed by atoms with E-state index in [1.807, 2.05) is 26.0 Å². The molecular formula is C17H26N2O3. The molecule has 0 radical (unpaired) electrons. The number of benzene rings is 1. The van der Waals surface area contributed by atoms with Crippen molar-refractivity contribution in [3.05, 3.63) is 23.8 Å². The zero-order chi connectivity index (χ0) is 15.9. The maximum absolute atomic E-state index is 12.6. The maximum Gasteiger partial charge on any atom is 0.167 e. The van der Waals surface area contributed by atoms with Gasteiger partial charge in [0.25, 0.3) is 0 Å². The van der Waals surface area contributed by atoms with Crippen molar-refractivity contribution >= 4 is 5.78 Å². The Kier molecular flexibility index (Phi) is 6.21. The van der Waals surface area contributed by atoms with Gasteiger partial charge < -0.3 is 19.7 Å². The minimum Gasteiger partial charge on any atom is -0.493 e. The molecule has 122 valence electrons. The van der Waals surface area contributed by atoms with Crippen molar-refractivity contribution in [3.8, 4) is 11.5 Å². The molecule has 1 unspecified atom stereocenters. The molecule has 0 bridgehead atoms. The number of nitrogens with zero attached hydrogens (tertiary/aromatic N) is 1. The zero-order valence-corrected chi connectivity index (χ0v) is 13.7. The summed E-state index contributed by atoms with van der Waals surface area (Å²) in [6, 6.07) is 5.42. The molecule has 0 aliphatic carbocycles. The van der Waals surface area contributed by atoms with Crippen molar-refractivity contribution in [3.63, 3.8) is 0 Å². The molecule has 1 aliphatic rings. The van der Waals surface area contributed by atoms with Crippen LogP contribution in [0, 0.1) is 5.92 Å². The van der Waals surface area contributed by atoms with Crippen LogP contribution < -0.4 is 14.8 Å². The first-order chi connectivity index (χ1) is 10.7. The normalized spacial score (nSPS) is 17.0. The highest BCUT2D eigenvalue weighted by Crippen LogP contribution is 2.29. The lowest BCUT2D eigenvalue weighted by Crippen LogP contribution is -2.45. The van der Waals surface area contributed by atoms with Gasteiger partial charge in [0.15, 0.2) is 17.3 Å². The number of ether oxygens (including phenoxy) is 2. The second-order valence-electron chi connectivity index (χ2n) is 5.61. The van der Waals surface area contributed by atoms with E-state index in [1.165, 1.54) is 0 Å². The van der Waals surface area contributed by atoms with Crippen LogP contribution >= 0.6 is 0 Å². The number of hydrogen-bond donors (Lipinski definition) is 1. The lowest BCUT2D eigenvalue weighted by Gasteiger charge is -2.29. The molecule has 0 saturated carbocycles. The third-order valence-electron chi connectivity index (χ3n) is 3.94. The number of ketones is 1. The Morgan fingerprint density at radius 1 is 1.32 bits per heavy atom. The summed E-state index contributed by atoms with van der Waals surface area (Å²) in [5, 5.41) is 3.33. The molecule has 1 atom stereocenters. The number of Topliss-reactive ketones (excluding diaryl/α,β-unsaturated/α-hetero) is 1. The van der Waals surface area contributed by atoms with Gasteiger partial charge in [-0.05, 0) is 25.1 Å². The van der Waals surface area contributed by atoms with Crippen molar-refractivity contribution in [1.29, 1.82) is 0 Å². The van der Waals surface area contributed by atoms with Crippen molar-refractivity contribution in [1.82, 2.24) is 10.2 Å². The molecule has 5 nitrogen and oxygen atoms in total. The van der Waals surface area contributed by atoms with Crippen molar-refractivity contribution < 1.29 is 14.3 Å². The van der Waals surface area contributed by atoms with Crippen LogP contribution in [-0.2, 0) is 0 Å². The summed E-state index contributed by atoms with van der Waals surface area (Å²) in [6.07, 6.45) is 0. The quantitative estimate of drug-likeness (QED) is 0.779. The molecule has 1 saturated heterocycles. The number of carbonyl (C=O) groups excluding carboxylic acids is 1. The van der Waals surface area contributed by atoms with Crippen LogP contribution in [0.5, 0.6) is 11.5 Å². The van der Waals surface area contributed by atoms with E-state index in [4.69, 9.17) is 9.47 Å². The fourth-order valence-electron chi connectivity index (χ4n) is 2.74. The van der Waals surface area contributed by atoms with E-state index < -0.39 is 0 Å². The van der Waals surface area contributed by atoms with Gasteiger partial charge in [-0.25, -0.2) is 0 Å². The van der Waals surface area contributed by atoms with Crippen molar-refractivity contribution in [2.75, 3.05) is 46.4 Å². The highest BCUT2D eigenvalue weighted by Gasteiger charge is 2.21. The Labute approximate surface area is 132 Å². The minimum absolute atomic E-state index is 0.0271. The standard InChI is InChI=1S/C17H26N2O3/c1-4-22-15-6-5-14(11-16(15)21-3)17(20)13(2)12-19-9-7-18-8-10-19/h5-6,11,13,18H,4,7-10,12H2,1-3H3. The van der Waals surface area contributed by atoms with Crippen molar-refractivity contribution in [2.24, 2.45) is 5.92 Å². The summed E-state index contributed by atoms with van der Waals surface area (Å²) in [7, 11) is 1.59. The number of nitrogens with one attached hydrogen (secondary N) is 1. The van der Waals surface area contributed by atoms with E-state index in [0.29, 0.717) is 23.7 Å². The van der Waals surface area contributed by atoms with E-state index in [9.17, 15) is 4.79 Å². The van der Waals surface area contributed by atoms with Gasteiger partial charge in [0.1, 0.15) is 0 Å². The van der Waals surface area contributed by atoms with Gasteiger partial charge in [0.2, 0.25) is 0 Å². The van der Waals surface area contributed by atoms with Crippen LogP contribution in [0.2, 0.25) is 0 Å². The average molecular weight is 306 g/mol. The average Bonchev–Trinajstić information content (AvgIpc) is 2.55. The molecule has 5 heteroatoms. The van der Waals surface area contributed by atoms with Gasteiger partial charge in [-0.15, -0.1) is 0 Å². The van der Waals surface area contributed by atoms with Gasteiger partial charge >= 0.3 is 0 Å². The van der Waals surface area contributed by atoms with Crippen molar-refractivity contribution in [2.45, 2.75) is 13.8 Å². The summed E-state index contributed by atoms with van der Waals surface area (Å²) >= 11 is 0. The maximum atomic E-state index is 12.6. The van der Waals surface area contributed by atoms with Gasteiger partial charge in [-0.1, -0.05) is 6.92 Å². The second kappa shape index (κ2) is 8.15. The molecule has 22 heavy (non-hydrogen) atoms. The van der Waals surface area contributed by atoms with E-state index >= 15 is 0 Å². The van der Waals surface area contributed by atoms with E-state index in [2.05, 4.69) is 10.2 Å². The number of rotatable bonds is 7. The molecule has 0 aromatic heterocycles. The molecule has 1 aromatic carbocycles. The third kappa shape index (κ3) is 4.21. The van der Waals surface area contributed by atoms with Crippen LogP contribution in [-0.4, -0.2) is 57.1 Å². The Morgan fingerprint density at radius 2 is 2.05 bits per heavy atom. The SMILES string of the molecule is CCOc1ccc(C(=O)C(C)CN2CCNCC2)cc1OC. The summed E-state index contributed by atoms with van der Waals surface area (Å²) in [4.78, 5) is 15.0. The first-order valence-electron chi connectivity index (χ1n) is 7.93. The topological polar surface area (TPSA) is 50.8 Å². The Balaban J connectivity index is 2.04. The van der Waals surface area contributed by atoms with Gasteiger partial charge in [0.05, 0.1) is 13.7 Å². The molecule has 1 N–H and O–H groups in total. The van der Waals surface area contributed by atoms with E-state index in [1.54, 1.807) is 13.2 Å². The summed E-state index contributed by atoms with van der Waals surface area (Å²) in [5.74, 6) is 1.42. The monoisotopic (exact) mass is 306 g/mol. The number of hydrogen-bond acceptors (Lipinski definition) is 5. The van der Waals surface area contributed by atoms with Crippen LogP contribution in [0.25, 0.3) is 0 Å². The van der Waals surface area contributed by atoms with Crippen LogP contribution in [0.1, 0.15) is 24.2 Å². The summed E-state index contributed by atoms with van der Waals surface area (Å²) < 4.78 is 10.8. The Bertz CT molecular complexity index is 499. The number of carbonyl (C=O) groups is 1. The summed E-state index contributed by atoms with van der Waals surface area (Å²) in [5.41, 5.74) is 0.683. The van der Waals surface area contributed by atoms with E-state index in [0.717, 1.165) is 32.7 Å². The third-order valence-corrected chi connectivity index (χ3v) is 3.94. The smallest absolute Gasteiger partial charge is 0.167 e. The summed E-state index contributed by atoms with van der Waals surface area (Å²) in [6.45, 7) is 9.30. The molecule has 0 amide bonds. The zero-order valence-electron chi connectivity index (χ0n) is 13.7. The number of piperazine rings is 1. The predicted octanol–water partition coefficient (Wildman–Crippen LogP) is 1.82. The van der Waals surface area contributed by atoms with Crippen LogP contribution in [0.15, 0.2) is 18.2 Å². The largest absolute Gasteiger partial charge is 0.493 e. The molecule has 1 heterocycles. The first-order valence-corrected chi connectivity index (χ1v) is 7.93. The molecule has 1 aliphatic heterocycles. The second-order valence-corrected chi connectivity index (χ2v) is 5.61. The molecule has 1 aromatic rings. The van der Waals surface area contributed by atoms with Crippen LogP contribution in [0.4, 0.5) is 0 Å². The molecular weight excluding hydrogens is 280 g/mol. The highest BCUT2D eigenvalue weighted by molar-refractivity contribution is 5.98. The Morgan fingerprint density at radius 3 is 2.68 bits per heavy atom. The van der Waals surface area contributed by atoms with Gasteiger partial charge in [-0.3, -0.25) is 4.79 Å². The fourth-order valence-corrected chi connectivity index (χ4v) is 2.74.